The van der Waals surface area contributed by atoms with Crippen LogP contribution in [0.1, 0.15) is 65.9 Å². The van der Waals surface area contributed by atoms with E-state index in [0.717, 1.165) is 30.2 Å². The zero-order chi connectivity index (χ0) is 25.0. The quantitative estimate of drug-likeness (QED) is 0.433. The number of benzene rings is 2. The maximum Gasteiger partial charge on any atom is 0.178 e. The first kappa shape index (κ1) is 23.6. The summed E-state index contributed by atoms with van der Waals surface area (Å²) in [5, 5.41) is 0. The lowest BCUT2D eigenvalue weighted by atomic mass is 9.69. The van der Waals surface area contributed by atoms with Crippen molar-refractivity contribution < 1.29 is 0 Å². The molecule has 2 aromatic carbocycles. The van der Waals surface area contributed by atoms with E-state index in [9.17, 15) is 0 Å². The number of fused-ring (bicyclic) bond motifs is 4. The Morgan fingerprint density at radius 1 is 0.829 bits per heavy atom. The molecule has 3 aliphatic heterocycles. The molecule has 4 heteroatoms. The predicted octanol–water partition coefficient (Wildman–Crippen LogP) is 7.76. The predicted molar refractivity (Wildman–Crippen MR) is 149 cm³/mol. The van der Waals surface area contributed by atoms with Gasteiger partial charge in [-0.15, -0.1) is 0 Å². The van der Waals surface area contributed by atoms with Gasteiger partial charge < -0.3 is 0 Å². The maximum absolute atomic E-state index is 5.21. The summed E-state index contributed by atoms with van der Waals surface area (Å²) in [6.07, 6.45) is 6.27. The van der Waals surface area contributed by atoms with Gasteiger partial charge in [0.05, 0.1) is 0 Å². The third-order valence-electron chi connectivity index (χ3n) is 8.47. The molecule has 0 radical (unpaired) electrons. The Bertz CT molecular complexity index is 1220. The summed E-state index contributed by atoms with van der Waals surface area (Å²) in [5.74, 6) is 2.60. The first-order chi connectivity index (χ1) is 16.7. The fourth-order valence-corrected chi connectivity index (χ4v) is 5.78. The van der Waals surface area contributed by atoms with Gasteiger partial charge in [-0.05, 0) is 66.4 Å². The number of para-hydroxylation sites is 2. The molecular weight excluding hydrogens is 428 g/mol. The SMILES string of the molecule is C=C1C(CC)C(CC)c2ccccc2N2C3=C(N=CC(C)(C(C)(C)C)C=N3)N(c3ccccc3)C12. The summed E-state index contributed by atoms with van der Waals surface area (Å²) in [7, 11) is 0. The summed E-state index contributed by atoms with van der Waals surface area (Å²) in [6.45, 7) is 18.3. The Morgan fingerprint density at radius 2 is 1.40 bits per heavy atom. The summed E-state index contributed by atoms with van der Waals surface area (Å²) in [5.41, 5.74) is 4.67. The van der Waals surface area contributed by atoms with Gasteiger partial charge in [0.2, 0.25) is 0 Å². The van der Waals surface area contributed by atoms with E-state index in [1.165, 1.54) is 16.8 Å². The van der Waals surface area contributed by atoms with Gasteiger partial charge in [0, 0.05) is 29.2 Å². The van der Waals surface area contributed by atoms with E-state index in [-0.39, 0.29) is 17.0 Å². The summed E-state index contributed by atoms with van der Waals surface area (Å²) in [4.78, 5) is 15.2. The molecule has 0 saturated carbocycles. The molecule has 0 saturated heterocycles. The van der Waals surface area contributed by atoms with Crippen LogP contribution in [0.5, 0.6) is 0 Å². The lowest BCUT2D eigenvalue weighted by Gasteiger charge is -2.38. The van der Waals surface area contributed by atoms with Gasteiger partial charge in [-0.3, -0.25) is 9.80 Å². The second-order valence-corrected chi connectivity index (χ2v) is 11.3. The minimum Gasteiger partial charge on any atom is -0.298 e. The third kappa shape index (κ3) is 3.57. The number of hydrogen-bond acceptors (Lipinski definition) is 4. The summed E-state index contributed by atoms with van der Waals surface area (Å²) >= 11 is 0. The molecule has 2 aromatic rings. The zero-order valence-corrected chi connectivity index (χ0v) is 22.0. The smallest absolute Gasteiger partial charge is 0.178 e. The molecule has 35 heavy (non-hydrogen) atoms. The second-order valence-electron chi connectivity index (χ2n) is 11.3. The molecule has 0 N–H and O–H groups in total. The monoisotopic (exact) mass is 466 g/mol. The van der Waals surface area contributed by atoms with Gasteiger partial charge in [0.25, 0.3) is 0 Å². The van der Waals surface area contributed by atoms with Crippen LogP contribution in [0.4, 0.5) is 11.4 Å². The van der Waals surface area contributed by atoms with E-state index in [2.05, 4.69) is 118 Å². The molecule has 4 nitrogen and oxygen atoms in total. The largest absolute Gasteiger partial charge is 0.298 e. The Hall–Kier alpha value is -3.14. The van der Waals surface area contributed by atoms with E-state index >= 15 is 0 Å². The van der Waals surface area contributed by atoms with E-state index in [4.69, 9.17) is 16.6 Å². The van der Waals surface area contributed by atoms with E-state index < -0.39 is 0 Å². The fraction of sp³-hybridized carbons (Fsp3) is 0.419. The molecule has 0 aromatic heterocycles. The first-order valence-corrected chi connectivity index (χ1v) is 13.0. The number of anilines is 2. The van der Waals surface area contributed by atoms with Crippen molar-refractivity contribution in [3.05, 3.63) is 84.0 Å². The van der Waals surface area contributed by atoms with Crippen LogP contribution in [0.2, 0.25) is 0 Å². The molecular formula is C31H38N4. The molecule has 0 aliphatic carbocycles. The minimum atomic E-state index is -0.268. The van der Waals surface area contributed by atoms with Crippen LogP contribution in [0.3, 0.4) is 0 Å². The van der Waals surface area contributed by atoms with Gasteiger partial charge >= 0.3 is 0 Å². The Kier molecular flexibility index (Phi) is 5.74. The highest BCUT2D eigenvalue weighted by molar-refractivity contribution is 5.93. The number of aliphatic imine (C=N–C) groups is 2. The van der Waals surface area contributed by atoms with Crippen LogP contribution in [-0.4, -0.2) is 18.6 Å². The van der Waals surface area contributed by atoms with Crippen molar-refractivity contribution in [1.29, 1.82) is 0 Å². The summed E-state index contributed by atoms with van der Waals surface area (Å²) < 4.78 is 0. The van der Waals surface area contributed by atoms with E-state index in [1.807, 2.05) is 0 Å². The van der Waals surface area contributed by atoms with Crippen LogP contribution >= 0.6 is 0 Å². The third-order valence-corrected chi connectivity index (χ3v) is 8.47. The normalized spacial score (nSPS) is 27.9. The van der Waals surface area contributed by atoms with Crippen LogP contribution < -0.4 is 9.80 Å². The van der Waals surface area contributed by atoms with Gasteiger partial charge in [-0.25, -0.2) is 9.98 Å². The van der Waals surface area contributed by atoms with Crippen molar-refractivity contribution in [3.63, 3.8) is 0 Å². The van der Waals surface area contributed by atoms with Gasteiger partial charge in [-0.2, -0.15) is 0 Å². The molecule has 5 rings (SSSR count). The topological polar surface area (TPSA) is 31.2 Å². The molecule has 0 bridgehead atoms. The average molecular weight is 467 g/mol. The van der Waals surface area contributed by atoms with Crippen molar-refractivity contribution >= 4 is 23.8 Å². The Morgan fingerprint density at radius 3 is 2.00 bits per heavy atom. The standard InChI is InChI=1S/C31H38N4/c1-8-23-21(3)29-34(22-15-11-10-12-16-22)27-28(33-20-31(7,19-32-27)30(4,5)6)35(29)26-18-14-13-17-25(26)24(23)9-2/h10-20,23-24,29H,3,8-9H2,1-2,4-7H3. The van der Waals surface area contributed by atoms with Crippen molar-refractivity contribution in [2.75, 3.05) is 9.80 Å². The highest BCUT2D eigenvalue weighted by Gasteiger charge is 2.48. The minimum absolute atomic E-state index is 0.0162. The molecule has 0 amide bonds. The second kappa shape index (κ2) is 8.51. The van der Waals surface area contributed by atoms with Gasteiger partial charge in [0.15, 0.2) is 11.6 Å². The maximum atomic E-state index is 5.21. The van der Waals surface area contributed by atoms with E-state index in [0.29, 0.717) is 11.8 Å². The molecule has 0 fully saturated rings. The van der Waals surface area contributed by atoms with Gasteiger partial charge in [-0.1, -0.05) is 77.6 Å². The molecule has 3 heterocycles. The highest BCUT2D eigenvalue weighted by Crippen LogP contribution is 2.52. The summed E-state index contributed by atoms with van der Waals surface area (Å²) in [6, 6.07) is 19.5. The fourth-order valence-electron chi connectivity index (χ4n) is 5.78. The molecule has 182 valence electrons. The lowest BCUT2D eigenvalue weighted by molar-refractivity contribution is 0.284. The molecule has 0 spiro atoms. The van der Waals surface area contributed by atoms with E-state index in [1.54, 1.807) is 0 Å². The first-order valence-electron chi connectivity index (χ1n) is 13.0. The average Bonchev–Trinajstić information content (AvgIpc) is 3.00. The molecule has 4 unspecified atom stereocenters. The van der Waals surface area contributed by atoms with Gasteiger partial charge in [0.1, 0.15) is 6.17 Å². The van der Waals surface area contributed by atoms with Crippen LogP contribution in [0, 0.1) is 16.7 Å². The van der Waals surface area contributed by atoms with Crippen LogP contribution in [-0.2, 0) is 0 Å². The molecule has 3 aliphatic rings. The van der Waals surface area contributed by atoms with Crippen LogP contribution in [0.25, 0.3) is 0 Å². The lowest BCUT2D eigenvalue weighted by Crippen LogP contribution is -2.43. The van der Waals surface area contributed by atoms with Crippen molar-refractivity contribution in [2.45, 2.75) is 66.5 Å². The number of hydrogen-bond donors (Lipinski definition) is 0. The van der Waals surface area contributed by atoms with Crippen molar-refractivity contribution in [1.82, 2.24) is 0 Å². The highest BCUT2D eigenvalue weighted by atomic mass is 15.5. The Balaban J connectivity index is 1.78. The van der Waals surface area contributed by atoms with Crippen molar-refractivity contribution in [3.8, 4) is 0 Å². The zero-order valence-electron chi connectivity index (χ0n) is 22.0. The molecule has 4 atom stereocenters. The number of rotatable bonds is 3. The van der Waals surface area contributed by atoms with Crippen molar-refractivity contribution in [2.24, 2.45) is 26.7 Å². The number of nitrogens with zero attached hydrogens (tertiary/aromatic N) is 4. The van der Waals surface area contributed by atoms with Crippen LogP contribution in [0.15, 0.2) is 88.4 Å². The Labute approximate surface area is 210 Å².